The number of halogens is 1. The van der Waals surface area contributed by atoms with Gasteiger partial charge in [0.1, 0.15) is 5.69 Å². The Bertz CT molecular complexity index is 453. The molecule has 27 heavy (non-hydrogen) atoms. The first-order valence-corrected chi connectivity index (χ1v) is 11.6. The van der Waals surface area contributed by atoms with Gasteiger partial charge in [0, 0.05) is 5.56 Å². The Labute approximate surface area is 176 Å². The number of nitrogens with zero attached hydrogens (tertiary/aromatic N) is 1. The van der Waals surface area contributed by atoms with Gasteiger partial charge < -0.3 is 12.4 Å². The molecule has 1 aromatic rings. The second-order valence-corrected chi connectivity index (χ2v) is 8.18. The molecule has 0 atom stereocenters. The van der Waals surface area contributed by atoms with E-state index in [2.05, 4.69) is 52.0 Å². The first-order chi connectivity index (χ1) is 12.7. The van der Waals surface area contributed by atoms with Gasteiger partial charge in [-0.05, 0) is 39.7 Å². The number of hydrogen-bond donors (Lipinski definition) is 0. The molecule has 0 aliphatic heterocycles. The van der Waals surface area contributed by atoms with Crippen LogP contribution in [0.5, 0.6) is 0 Å². The molecule has 0 amide bonds. The summed E-state index contributed by atoms with van der Waals surface area (Å²) in [5, 5.41) is 0. The van der Waals surface area contributed by atoms with Crippen molar-refractivity contribution in [2.45, 2.75) is 105 Å². The topological polar surface area (TPSA) is 0 Å². The largest absolute Gasteiger partial charge is 1.00 e. The Morgan fingerprint density at radius 3 is 1.52 bits per heavy atom. The van der Waals surface area contributed by atoms with Crippen molar-refractivity contribution in [1.82, 2.24) is 4.48 Å². The molecule has 158 valence electrons. The van der Waals surface area contributed by atoms with Gasteiger partial charge in [0.15, 0.2) is 0 Å². The SMILES string of the molecule is CCCCCCCCCCCCCC[N+](CC)(CC)c1ccccc1C.[Cl-]. The molecule has 0 aliphatic rings. The maximum atomic E-state index is 2.36. The quantitative estimate of drug-likeness (QED) is 0.271. The molecule has 0 bridgehead atoms. The van der Waals surface area contributed by atoms with Crippen LogP contribution in [-0.2, 0) is 0 Å². The molecule has 1 rings (SSSR count). The van der Waals surface area contributed by atoms with Crippen LogP contribution in [0.2, 0.25) is 0 Å². The van der Waals surface area contributed by atoms with Gasteiger partial charge in [-0.2, -0.15) is 0 Å². The van der Waals surface area contributed by atoms with Crippen LogP contribution < -0.4 is 16.9 Å². The third-order valence-corrected chi connectivity index (χ3v) is 6.28. The van der Waals surface area contributed by atoms with E-state index >= 15 is 0 Å². The van der Waals surface area contributed by atoms with Crippen molar-refractivity contribution in [3.05, 3.63) is 29.8 Å². The maximum Gasteiger partial charge on any atom is 0.135 e. The van der Waals surface area contributed by atoms with Gasteiger partial charge in [-0.3, -0.25) is 4.48 Å². The number of quaternary nitrogens is 1. The van der Waals surface area contributed by atoms with Gasteiger partial charge in [0.25, 0.3) is 0 Å². The molecule has 0 saturated heterocycles. The fourth-order valence-corrected chi connectivity index (χ4v) is 4.35. The zero-order valence-electron chi connectivity index (χ0n) is 18.7. The Morgan fingerprint density at radius 2 is 1.07 bits per heavy atom. The van der Waals surface area contributed by atoms with E-state index in [9.17, 15) is 0 Å². The number of unbranched alkanes of at least 4 members (excludes halogenated alkanes) is 11. The van der Waals surface area contributed by atoms with E-state index in [1.54, 1.807) is 5.69 Å². The summed E-state index contributed by atoms with van der Waals surface area (Å²) in [6.07, 6.45) is 17.2. The molecule has 0 N–H and O–H groups in total. The van der Waals surface area contributed by atoms with Crippen molar-refractivity contribution >= 4 is 5.69 Å². The van der Waals surface area contributed by atoms with E-state index in [-0.39, 0.29) is 12.4 Å². The van der Waals surface area contributed by atoms with E-state index in [0.29, 0.717) is 0 Å². The number of benzene rings is 1. The van der Waals surface area contributed by atoms with Crippen molar-refractivity contribution < 1.29 is 12.4 Å². The lowest BCUT2D eigenvalue weighted by Gasteiger charge is -2.37. The van der Waals surface area contributed by atoms with Gasteiger partial charge in [-0.1, -0.05) is 89.3 Å². The smallest absolute Gasteiger partial charge is 0.135 e. The summed E-state index contributed by atoms with van der Waals surface area (Å²) < 4.78 is 1.16. The van der Waals surface area contributed by atoms with Crippen molar-refractivity contribution in [3.8, 4) is 0 Å². The summed E-state index contributed by atoms with van der Waals surface area (Å²) in [5.74, 6) is 0. The fraction of sp³-hybridized carbons (Fsp3) is 0.760. The standard InChI is InChI=1S/C25H46N.ClH/c1-5-8-9-10-11-12-13-14-15-16-17-20-23-26(6-2,7-3)25-22-19-18-21-24(25)4;/h18-19,21-22H,5-17,20,23H2,1-4H3;1H/q+1;/p-1. The van der Waals surface area contributed by atoms with Crippen molar-refractivity contribution in [2.24, 2.45) is 0 Å². The van der Waals surface area contributed by atoms with E-state index in [1.807, 2.05) is 0 Å². The van der Waals surface area contributed by atoms with Crippen LogP contribution in [-0.4, -0.2) is 19.6 Å². The molecular formula is C25H46ClN. The van der Waals surface area contributed by atoms with Crippen LogP contribution in [0.25, 0.3) is 0 Å². The van der Waals surface area contributed by atoms with Gasteiger partial charge in [0.2, 0.25) is 0 Å². The molecule has 0 heterocycles. The second-order valence-electron chi connectivity index (χ2n) is 8.18. The van der Waals surface area contributed by atoms with Crippen LogP contribution in [0.1, 0.15) is 103 Å². The van der Waals surface area contributed by atoms with E-state index in [1.165, 1.54) is 102 Å². The van der Waals surface area contributed by atoms with E-state index in [0.717, 1.165) is 4.48 Å². The first-order valence-electron chi connectivity index (χ1n) is 11.6. The molecule has 0 unspecified atom stereocenters. The van der Waals surface area contributed by atoms with Gasteiger partial charge >= 0.3 is 0 Å². The third kappa shape index (κ3) is 9.99. The highest BCUT2D eigenvalue weighted by atomic mass is 35.5. The molecule has 0 radical (unpaired) electrons. The summed E-state index contributed by atoms with van der Waals surface area (Å²) in [4.78, 5) is 0. The summed E-state index contributed by atoms with van der Waals surface area (Å²) >= 11 is 0. The second kappa shape index (κ2) is 16.4. The van der Waals surface area contributed by atoms with Crippen LogP contribution in [0, 0.1) is 6.92 Å². The molecule has 0 saturated carbocycles. The summed E-state index contributed by atoms with van der Waals surface area (Å²) in [5.41, 5.74) is 3.00. The highest BCUT2D eigenvalue weighted by Gasteiger charge is 2.27. The highest BCUT2D eigenvalue weighted by molar-refractivity contribution is 5.49. The Hall–Kier alpha value is -0.530. The number of hydrogen-bond acceptors (Lipinski definition) is 0. The molecule has 0 aromatic heterocycles. The van der Waals surface area contributed by atoms with Crippen molar-refractivity contribution in [2.75, 3.05) is 19.6 Å². The Kier molecular flexibility index (Phi) is 16.1. The Balaban J connectivity index is 0.00000676. The van der Waals surface area contributed by atoms with Gasteiger partial charge in [-0.15, -0.1) is 0 Å². The molecule has 0 spiro atoms. The molecule has 1 aromatic carbocycles. The molecular weight excluding hydrogens is 350 g/mol. The van der Waals surface area contributed by atoms with E-state index in [4.69, 9.17) is 0 Å². The van der Waals surface area contributed by atoms with Crippen LogP contribution in [0.3, 0.4) is 0 Å². The van der Waals surface area contributed by atoms with Crippen molar-refractivity contribution in [3.63, 3.8) is 0 Å². The minimum Gasteiger partial charge on any atom is -1.00 e. The molecule has 0 fully saturated rings. The monoisotopic (exact) mass is 395 g/mol. The first kappa shape index (κ1) is 26.5. The third-order valence-electron chi connectivity index (χ3n) is 6.28. The Morgan fingerprint density at radius 1 is 0.630 bits per heavy atom. The average Bonchev–Trinajstić information content (AvgIpc) is 2.67. The van der Waals surface area contributed by atoms with Gasteiger partial charge in [0.05, 0.1) is 19.6 Å². The lowest BCUT2D eigenvalue weighted by molar-refractivity contribution is -0.00000578. The predicted octanol–water partition coefficient (Wildman–Crippen LogP) is 5.05. The lowest BCUT2D eigenvalue weighted by Crippen LogP contribution is -3.00. The lowest BCUT2D eigenvalue weighted by atomic mass is 10.0. The molecule has 2 heteroatoms. The maximum absolute atomic E-state index is 2.36. The summed E-state index contributed by atoms with van der Waals surface area (Å²) in [6.45, 7) is 13.0. The zero-order chi connectivity index (χ0) is 19.1. The van der Waals surface area contributed by atoms with Crippen molar-refractivity contribution in [1.29, 1.82) is 0 Å². The van der Waals surface area contributed by atoms with E-state index < -0.39 is 0 Å². The zero-order valence-corrected chi connectivity index (χ0v) is 19.5. The average molecular weight is 396 g/mol. The summed E-state index contributed by atoms with van der Waals surface area (Å²) in [7, 11) is 0. The fourth-order valence-electron chi connectivity index (χ4n) is 4.35. The van der Waals surface area contributed by atoms with Crippen LogP contribution >= 0.6 is 0 Å². The van der Waals surface area contributed by atoms with Crippen LogP contribution in [0.4, 0.5) is 5.69 Å². The molecule has 1 nitrogen and oxygen atoms in total. The van der Waals surface area contributed by atoms with Gasteiger partial charge in [-0.25, -0.2) is 0 Å². The molecule has 0 aliphatic carbocycles. The minimum atomic E-state index is 0. The highest BCUT2D eigenvalue weighted by Crippen LogP contribution is 2.27. The predicted molar refractivity (Wildman–Crippen MR) is 120 cm³/mol. The van der Waals surface area contributed by atoms with Crippen LogP contribution in [0.15, 0.2) is 24.3 Å². The number of rotatable bonds is 16. The minimum absolute atomic E-state index is 0. The number of para-hydroxylation sites is 1. The normalized spacial score (nSPS) is 11.4. The number of aryl methyl sites for hydroxylation is 1. The summed E-state index contributed by atoms with van der Waals surface area (Å²) in [6, 6.07) is 9.00.